The third-order valence-corrected chi connectivity index (χ3v) is 11.2. The molecule has 7 aromatic carbocycles. The van der Waals surface area contributed by atoms with Gasteiger partial charge in [-0.1, -0.05) is 147 Å². The first-order chi connectivity index (χ1) is 26.0. The molecule has 0 aliphatic heterocycles. The van der Waals surface area contributed by atoms with Gasteiger partial charge in [-0.3, -0.25) is 4.57 Å². The monoisotopic (exact) mass is 679 g/mol. The van der Waals surface area contributed by atoms with Crippen LogP contribution in [0, 0.1) is 0 Å². The van der Waals surface area contributed by atoms with Crippen LogP contribution in [0.15, 0.2) is 168 Å². The number of aromatic nitrogens is 3. The van der Waals surface area contributed by atoms with Gasteiger partial charge in [-0.2, -0.15) is 0 Å². The number of nitrogens with zero attached hydrogens (tertiary/aromatic N) is 3. The van der Waals surface area contributed by atoms with E-state index in [0.29, 0.717) is 5.82 Å². The van der Waals surface area contributed by atoms with Crippen LogP contribution < -0.4 is 0 Å². The molecule has 0 bridgehead atoms. The molecule has 0 fully saturated rings. The van der Waals surface area contributed by atoms with Crippen molar-refractivity contribution >= 4 is 43.7 Å². The first kappa shape index (κ1) is 29.9. The van der Waals surface area contributed by atoms with Gasteiger partial charge < -0.3 is 4.42 Å². The molecule has 53 heavy (non-hydrogen) atoms. The zero-order valence-corrected chi connectivity index (χ0v) is 29.3. The second-order valence-electron chi connectivity index (χ2n) is 14.6. The van der Waals surface area contributed by atoms with Crippen LogP contribution in [0.1, 0.15) is 25.0 Å². The van der Waals surface area contributed by atoms with Crippen molar-refractivity contribution in [2.75, 3.05) is 0 Å². The van der Waals surface area contributed by atoms with E-state index in [2.05, 4.69) is 152 Å². The number of fused-ring (bicyclic) bond motifs is 10. The Hall–Kier alpha value is -6.78. The molecule has 11 rings (SSSR count). The van der Waals surface area contributed by atoms with Gasteiger partial charge in [-0.15, -0.1) is 0 Å². The Labute approximate surface area is 306 Å². The summed E-state index contributed by atoms with van der Waals surface area (Å²) in [7, 11) is 0. The lowest BCUT2D eigenvalue weighted by Crippen LogP contribution is -2.14. The smallest absolute Gasteiger partial charge is 0.162 e. The van der Waals surface area contributed by atoms with Crippen molar-refractivity contribution in [2.45, 2.75) is 19.3 Å². The first-order valence-electron chi connectivity index (χ1n) is 18.2. The maximum Gasteiger partial charge on any atom is 0.162 e. The Morgan fingerprint density at radius 2 is 1.19 bits per heavy atom. The van der Waals surface area contributed by atoms with Crippen LogP contribution >= 0.6 is 0 Å². The molecule has 1 aliphatic carbocycles. The van der Waals surface area contributed by atoms with Crippen molar-refractivity contribution in [3.63, 3.8) is 0 Å². The molecule has 1 aliphatic rings. The Bertz CT molecular complexity index is 3020. The molecule has 0 atom stereocenters. The molecule has 4 nitrogen and oxygen atoms in total. The summed E-state index contributed by atoms with van der Waals surface area (Å²) >= 11 is 0. The van der Waals surface area contributed by atoms with Crippen molar-refractivity contribution in [3.8, 4) is 50.7 Å². The lowest BCUT2D eigenvalue weighted by molar-refractivity contribution is 0.660. The van der Waals surface area contributed by atoms with Crippen LogP contribution in [0.2, 0.25) is 0 Å². The highest BCUT2D eigenvalue weighted by atomic mass is 16.3. The SMILES string of the molecule is CC1(C)c2ccccc2-c2ccc(-c3cc4c5ccccc5oc4c4c5ccccc5n(-c5cc(-c6ccccc6)nc(-c6ccccc6)n5)c34)cc21. The standard InChI is InChI=1S/C49H33N3O/c1-49(2)39-22-12-9-19-33(39)34-26-25-32(27-40(34)49)37-28-38-35-20-11-14-24-43(35)53-47(38)45-36-21-10-13-23-42(36)52(46(37)45)44-29-41(30-15-5-3-6-16-30)50-48(51-44)31-17-7-4-8-18-31/h3-29H,1-2H3. The summed E-state index contributed by atoms with van der Waals surface area (Å²) < 4.78 is 9.14. The number of hydrogen-bond donors (Lipinski definition) is 0. The normalized spacial score (nSPS) is 13.2. The lowest BCUT2D eigenvalue weighted by Gasteiger charge is -2.22. The zero-order chi connectivity index (χ0) is 35.3. The minimum absolute atomic E-state index is 0.137. The molecule has 10 aromatic rings. The largest absolute Gasteiger partial charge is 0.455 e. The molecule has 3 heterocycles. The van der Waals surface area contributed by atoms with Crippen LogP contribution in [-0.4, -0.2) is 14.5 Å². The molecule has 3 aromatic heterocycles. The second-order valence-corrected chi connectivity index (χ2v) is 14.6. The van der Waals surface area contributed by atoms with Gasteiger partial charge in [0, 0.05) is 44.3 Å². The summed E-state index contributed by atoms with van der Waals surface area (Å²) in [5.41, 5.74) is 14.2. The minimum Gasteiger partial charge on any atom is -0.455 e. The quantitative estimate of drug-likeness (QED) is 0.186. The number of para-hydroxylation sites is 2. The molecule has 4 heteroatoms. The third-order valence-electron chi connectivity index (χ3n) is 11.2. The van der Waals surface area contributed by atoms with Gasteiger partial charge in [0.2, 0.25) is 0 Å². The molecular weight excluding hydrogens is 647 g/mol. The van der Waals surface area contributed by atoms with E-state index in [1.165, 1.54) is 22.3 Å². The highest BCUT2D eigenvalue weighted by molar-refractivity contribution is 6.27. The average Bonchev–Trinajstić information content (AvgIpc) is 3.84. The van der Waals surface area contributed by atoms with Gasteiger partial charge >= 0.3 is 0 Å². The number of benzene rings is 7. The van der Waals surface area contributed by atoms with E-state index in [4.69, 9.17) is 14.4 Å². The number of hydrogen-bond acceptors (Lipinski definition) is 3. The van der Waals surface area contributed by atoms with Crippen LogP contribution in [0.5, 0.6) is 0 Å². The molecule has 0 saturated carbocycles. The summed E-state index contributed by atoms with van der Waals surface area (Å²) in [5, 5.41) is 4.40. The maximum absolute atomic E-state index is 6.80. The topological polar surface area (TPSA) is 43.9 Å². The molecule has 0 unspecified atom stereocenters. The molecule has 0 spiro atoms. The highest BCUT2D eigenvalue weighted by Gasteiger charge is 2.35. The predicted octanol–water partition coefficient (Wildman–Crippen LogP) is 12.8. The molecular formula is C49H33N3O. The van der Waals surface area contributed by atoms with Crippen LogP contribution in [0.3, 0.4) is 0 Å². The predicted molar refractivity (Wildman–Crippen MR) is 218 cm³/mol. The van der Waals surface area contributed by atoms with E-state index < -0.39 is 0 Å². The van der Waals surface area contributed by atoms with E-state index in [9.17, 15) is 0 Å². The van der Waals surface area contributed by atoms with Crippen molar-refractivity contribution in [1.29, 1.82) is 0 Å². The van der Waals surface area contributed by atoms with E-state index >= 15 is 0 Å². The summed E-state index contributed by atoms with van der Waals surface area (Å²) in [4.78, 5) is 10.5. The van der Waals surface area contributed by atoms with Crippen LogP contribution in [0.25, 0.3) is 94.5 Å². The first-order valence-corrected chi connectivity index (χ1v) is 18.2. The molecule has 0 N–H and O–H groups in total. The van der Waals surface area contributed by atoms with Crippen molar-refractivity contribution in [2.24, 2.45) is 0 Å². The van der Waals surface area contributed by atoms with Crippen LogP contribution in [-0.2, 0) is 5.41 Å². The minimum atomic E-state index is -0.137. The third kappa shape index (κ3) is 4.36. The fourth-order valence-electron chi connectivity index (χ4n) is 8.68. The number of furan rings is 1. The highest BCUT2D eigenvalue weighted by Crippen LogP contribution is 2.51. The second kappa shape index (κ2) is 11.1. The van der Waals surface area contributed by atoms with Gasteiger partial charge in [-0.25, -0.2) is 9.97 Å². The van der Waals surface area contributed by atoms with Crippen molar-refractivity contribution in [3.05, 3.63) is 175 Å². The molecule has 0 saturated heterocycles. The Morgan fingerprint density at radius 3 is 2.02 bits per heavy atom. The van der Waals surface area contributed by atoms with Crippen LogP contribution in [0.4, 0.5) is 0 Å². The van der Waals surface area contributed by atoms with Crippen molar-refractivity contribution < 1.29 is 4.42 Å². The van der Waals surface area contributed by atoms with E-state index in [1.807, 2.05) is 30.3 Å². The van der Waals surface area contributed by atoms with E-state index in [0.717, 1.165) is 77.5 Å². The van der Waals surface area contributed by atoms with Gasteiger partial charge in [0.1, 0.15) is 17.0 Å². The van der Waals surface area contributed by atoms with Gasteiger partial charge in [0.25, 0.3) is 0 Å². The van der Waals surface area contributed by atoms with Gasteiger partial charge in [-0.05, 0) is 52.1 Å². The fourth-order valence-corrected chi connectivity index (χ4v) is 8.68. The average molecular weight is 680 g/mol. The fraction of sp³-hybridized carbons (Fsp3) is 0.0612. The van der Waals surface area contributed by atoms with E-state index in [-0.39, 0.29) is 5.41 Å². The Kier molecular flexibility index (Phi) is 6.27. The van der Waals surface area contributed by atoms with Gasteiger partial charge in [0.15, 0.2) is 5.82 Å². The molecule has 250 valence electrons. The van der Waals surface area contributed by atoms with E-state index in [1.54, 1.807) is 0 Å². The molecule has 0 radical (unpaired) electrons. The lowest BCUT2D eigenvalue weighted by atomic mass is 9.81. The molecule has 0 amide bonds. The Morgan fingerprint density at radius 1 is 0.509 bits per heavy atom. The Balaban J connectivity index is 1.29. The zero-order valence-electron chi connectivity index (χ0n) is 29.3. The van der Waals surface area contributed by atoms with Gasteiger partial charge in [0.05, 0.1) is 22.1 Å². The summed E-state index contributed by atoms with van der Waals surface area (Å²) in [6.45, 7) is 4.69. The summed E-state index contributed by atoms with van der Waals surface area (Å²) in [6, 6.07) is 58.0. The summed E-state index contributed by atoms with van der Waals surface area (Å²) in [6.07, 6.45) is 0. The maximum atomic E-state index is 6.80. The van der Waals surface area contributed by atoms with Crippen molar-refractivity contribution in [1.82, 2.24) is 14.5 Å². The number of rotatable bonds is 4. The summed E-state index contributed by atoms with van der Waals surface area (Å²) in [5.74, 6) is 1.48.